The van der Waals surface area contributed by atoms with Crippen molar-refractivity contribution in [1.29, 1.82) is 0 Å². The molecule has 0 aliphatic rings. The Hall–Kier alpha value is -1.87. The second kappa shape index (κ2) is 7.23. The number of rotatable bonds is 4. The van der Waals surface area contributed by atoms with Crippen LogP contribution in [0.3, 0.4) is 0 Å². The van der Waals surface area contributed by atoms with Gasteiger partial charge in [-0.15, -0.1) is 0 Å². The van der Waals surface area contributed by atoms with Crippen LogP contribution in [0.15, 0.2) is 54.6 Å². The van der Waals surface area contributed by atoms with Crippen LogP contribution in [0.25, 0.3) is 0 Å². The molecule has 0 aliphatic carbocycles. The molecule has 0 radical (unpaired) electrons. The first-order valence-electron chi connectivity index (χ1n) is 7.35. The molecule has 2 nitrogen and oxygen atoms in total. The fourth-order valence-electron chi connectivity index (χ4n) is 2.19. The second-order valence-electron chi connectivity index (χ2n) is 5.29. The van der Waals surface area contributed by atoms with Gasteiger partial charge in [0.05, 0.1) is 0 Å². The lowest BCUT2D eigenvalue weighted by atomic mass is 10.0. The summed E-state index contributed by atoms with van der Waals surface area (Å²) < 4.78 is 0. The van der Waals surface area contributed by atoms with Gasteiger partial charge >= 0.3 is 0 Å². The third-order valence-corrected chi connectivity index (χ3v) is 3.78. The first-order valence-corrected chi connectivity index (χ1v) is 7.76. The minimum absolute atomic E-state index is 0.544. The number of benzene rings is 2. The molecular weight excluding hydrogens is 276 g/mol. The molecule has 0 unspecified atom stereocenters. The molecule has 0 bridgehead atoms. The van der Waals surface area contributed by atoms with Crippen molar-refractivity contribution in [3.63, 3.8) is 0 Å². The van der Waals surface area contributed by atoms with Crippen molar-refractivity contribution in [3.8, 4) is 0 Å². The fraction of sp³-hybridized carbons (Fsp3) is 0.278. The van der Waals surface area contributed by atoms with E-state index in [0.717, 1.165) is 23.0 Å². The molecule has 1 N–H and O–H groups in total. The number of anilines is 2. The summed E-state index contributed by atoms with van der Waals surface area (Å²) in [6.45, 7) is 7.32. The van der Waals surface area contributed by atoms with E-state index in [-0.39, 0.29) is 0 Å². The van der Waals surface area contributed by atoms with Crippen molar-refractivity contribution in [2.24, 2.45) is 0 Å². The zero-order chi connectivity index (χ0) is 15.2. The van der Waals surface area contributed by atoms with E-state index >= 15 is 0 Å². The Bertz CT molecular complexity index is 576. The molecule has 0 heterocycles. The van der Waals surface area contributed by atoms with Crippen molar-refractivity contribution in [3.05, 3.63) is 60.2 Å². The molecule has 0 amide bonds. The van der Waals surface area contributed by atoms with Gasteiger partial charge in [0.25, 0.3) is 0 Å². The predicted molar refractivity (Wildman–Crippen MR) is 96.2 cm³/mol. The highest BCUT2D eigenvalue weighted by atomic mass is 32.1. The molecule has 0 spiro atoms. The van der Waals surface area contributed by atoms with E-state index < -0.39 is 0 Å². The van der Waals surface area contributed by atoms with Gasteiger partial charge in [-0.2, -0.15) is 0 Å². The standard InChI is InChI=1S/C18H22N2S/c1-4-20(17-8-6-5-7-9-17)18(21)19-16-12-10-15(11-13-16)14(2)3/h5-14H,4H2,1-3H3,(H,19,21). The lowest BCUT2D eigenvalue weighted by Gasteiger charge is -2.24. The first-order chi connectivity index (χ1) is 10.1. The van der Waals surface area contributed by atoms with Crippen LogP contribution in [0.4, 0.5) is 11.4 Å². The summed E-state index contributed by atoms with van der Waals surface area (Å²) in [4.78, 5) is 2.09. The monoisotopic (exact) mass is 298 g/mol. The molecule has 3 heteroatoms. The minimum Gasteiger partial charge on any atom is -0.332 e. The predicted octanol–water partition coefficient (Wildman–Crippen LogP) is 5.03. The molecule has 0 saturated carbocycles. The van der Waals surface area contributed by atoms with Crippen LogP contribution < -0.4 is 10.2 Å². The number of hydrogen-bond donors (Lipinski definition) is 1. The quantitative estimate of drug-likeness (QED) is 0.797. The number of para-hydroxylation sites is 1. The zero-order valence-electron chi connectivity index (χ0n) is 12.8. The summed E-state index contributed by atoms with van der Waals surface area (Å²) in [5.74, 6) is 0.544. The van der Waals surface area contributed by atoms with Gasteiger partial charge in [0, 0.05) is 17.9 Å². The molecular formula is C18H22N2S. The van der Waals surface area contributed by atoms with Crippen molar-refractivity contribution >= 4 is 28.7 Å². The molecule has 21 heavy (non-hydrogen) atoms. The third kappa shape index (κ3) is 4.05. The zero-order valence-corrected chi connectivity index (χ0v) is 13.7. The molecule has 0 atom stereocenters. The summed E-state index contributed by atoms with van der Waals surface area (Å²) in [7, 11) is 0. The highest BCUT2D eigenvalue weighted by Gasteiger charge is 2.10. The highest BCUT2D eigenvalue weighted by molar-refractivity contribution is 7.80. The fourth-order valence-corrected chi connectivity index (χ4v) is 2.55. The van der Waals surface area contributed by atoms with Gasteiger partial charge in [0.2, 0.25) is 0 Å². The van der Waals surface area contributed by atoms with Crippen LogP contribution in [0, 0.1) is 0 Å². The van der Waals surface area contributed by atoms with Gasteiger partial charge in [-0.1, -0.05) is 44.2 Å². The highest BCUT2D eigenvalue weighted by Crippen LogP contribution is 2.19. The smallest absolute Gasteiger partial charge is 0.177 e. The van der Waals surface area contributed by atoms with E-state index in [1.165, 1.54) is 5.56 Å². The topological polar surface area (TPSA) is 15.3 Å². The third-order valence-electron chi connectivity index (χ3n) is 3.46. The lowest BCUT2D eigenvalue weighted by Crippen LogP contribution is -2.34. The molecule has 0 aliphatic heterocycles. The summed E-state index contributed by atoms with van der Waals surface area (Å²) in [6, 6.07) is 18.7. The Labute approximate surface area is 132 Å². The van der Waals surface area contributed by atoms with Crippen molar-refractivity contribution < 1.29 is 0 Å². The van der Waals surface area contributed by atoms with Crippen LogP contribution in [0.5, 0.6) is 0 Å². The molecule has 0 fully saturated rings. The van der Waals surface area contributed by atoms with E-state index in [2.05, 4.69) is 67.4 Å². The largest absolute Gasteiger partial charge is 0.332 e. The van der Waals surface area contributed by atoms with Crippen molar-refractivity contribution in [2.75, 3.05) is 16.8 Å². The molecule has 2 aromatic rings. The average molecular weight is 298 g/mol. The summed E-state index contributed by atoms with van der Waals surface area (Å²) in [5, 5.41) is 4.04. The van der Waals surface area contributed by atoms with Crippen molar-refractivity contribution in [1.82, 2.24) is 0 Å². The van der Waals surface area contributed by atoms with Gasteiger partial charge in [-0.25, -0.2) is 0 Å². The van der Waals surface area contributed by atoms with Gasteiger partial charge in [-0.05, 0) is 54.9 Å². The Morgan fingerprint density at radius 3 is 2.19 bits per heavy atom. The summed E-state index contributed by atoms with van der Waals surface area (Å²) in [5.41, 5.74) is 3.47. The van der Waals surface area contributed by atoms with Crippen LogP contribution >= 0.6 is 12.2 Å². The maximum atomic E-state index is 5.54. The SMILES string of the molecule is CCN(C(=S)Nc1ccc(C(C)C)cc1)c1ccccc1. The number of nitrogens with one attached hydrogen (secondary N) is 1. The number of nitrogens with zero attached hydrogens (tertiary/aromatic N) is 1. The van der Waals surface area contributed by atoms with Crippen LogP contribution in [-0.2, 0) is 0 Å². The molecule has 0 saturated heterocycles. The van der Waals surface area contributed by atoms with Crippen LogP contribution in [-0.4, -0.2) is 11.7 Å². The van der Waals surface area contributed by atoms with E-state index in [4.69, 9.17) is 12.2 Å². The molecule has 2 rings (SSSR count). The lowest BCUT2D eigenvalue weighted by molar-refractivity contribution is 0.867. The number of thiocarbonyl (C=S) groups is 1. The van der Waals surface area contributed by atoms with E-state index in [0.29, 0.717) is 5.92 Å². The van der Waals surface area contributed by atoms with Crippen LogP contribution in [0.1, 0.15) is 32.3 Å². The Morgan fingerprint density at radius 2 is 1.67 bits per heavy atom. The Kier molecular flexibility index (Phi) is 5.34. The Morgan fingerprint density at radius 1 is 1.05 bits per heavy atom. The van der Waals surface area contributed by atoms with Crippen LogP contribution in [0.2, 0.25) is 0 Å². The van der Waals surface area contributed by atoms with E-state index in [1.807, 2.05) is 18.2 Å². The maximum absolute atomic E-state index is 5.54. The van der Waals surface area contributed by atoms with Crippen molar-refractivity contribution in [2.45, 2.75) is 26.7 Å². The second-order valence-corrected chi connectivity index (χ2v) is 5.67. The van der Waals surface area contributed by atoms with Gasteiger partial charge in [0.1, 0.15) is 0 Å². The van der Waals surface area contributed by atoms with E-state index in [1.54, 1.807) is 0 Å². The maximum Gasteiger partial charge on any atom is 0.177 e. The molecule has 0 aromatic heterocycles. The first kappa shape index (κ1) is 15.5. The van der Waals surface area contributed by atoms with Gasteiger partial charge in [-0.3, -0.25) is 0 Å². The Balaban J connectivity index is 2.09. The van der Waals surface area contributed by atoms with Gasteiger partial charge < -0.3 is 10.2 Å². The summed E-state index contributed by atoms with van der Waals surface area (Å²) in [6.07, 6.45) is 0. The average Bonchev–Trinajstić information content (AvgIpc) is 2.49. The minimum atomic E-state index is 0.544. The molecule has 110 valence electrons. The molecule has 2 aromatic carbocycles. The van der Waals surface area contributed by atoms with E-state index in [9.17, 15) is 0 Å². The number of hydrogen-bond acceptors (Lipinski definition) is 1. The summed E-state index contributed by atoms with van der Waals surface area (Å²) >= 11 is 5.54. The van der Waals surface area contributed by atoms with Gasteiger partial charge in [0.15, 0.2) is 5.11 Å². The normalized spacial score (nSPS) is 10.5.